The largest absolute Gasteiger partial charge is 0.441 e. The van der Waals surface area contributed by atoms with Crippen LogP contribution in [0.25, 0.3) is 11.5 Å². The summed E-state index contributed by atoms with van der Waals surface area (Å²) in [5.74, 6) is 1.53. The first kappa shape index (κ1) is 13.9. The number of rotatable bonds is 4. The van der Waals surface area contributed by atoms with Gasteiger partial charge in [0, 0.05) is 16.7 Å². The predicted octanol–water partition coefficient (Wildman–Crippen LogP) is 3.93. The molecule has 0 aliphatic heterocycles. The van der Waals surface area contributed by atoms with Gasteiger partial charge in [0.1, 0.15) is 11.5 Å². The van der Waals surface area contributed by atoms with Crippen LogP contribution in [0.15, 0.2) is 46.1 Å². The van der Waals surface area contributed by atoms with Crippen molar-refractivity contribution in [2.75, 3.05) is 6.26 Å². The van der Waals surface area contributed by atoms with E-state index >= 15 is 0 Å². The average molecular weight is 299 g/mol. The smallest absolute Gasteiger partial charge is 0.226 e. The van der Waals surface area contributed by atoms with E-state index in [0.29, 0.717) is 12.4 Å². The van der Waals surface area contributed by atoms with Crippen LogP contribution in [0.3, 0.4) is 0 Å². The van der Waals surface area contributed by atoms with Crippen molar-refractivity contribution < 1.29 is 4.42 Å². The number of aryl methyl sites for hydroxylation is 2. The molecule has 0 radical (unpaired) electrons. The second-order valence-corrected chi connectivity index (χ2v) is 5.82. The second kappa shape index (κ2) is 5.77. The molecule has 0 saturated carbocycles. The van der Waals surface area contributed by atoms with Crippen LogP contribution in [0.2, 0.25) is 0 Å². The summed E-state index contributed by atoms with van der Waals surface area (Å²) in [6.07, 6.45) is 5.88. The Hall–Kier alpha value is -2.01. The van der Waals surface area contributed by atoms with Crippen molar-refractivity contribution in [2.24, 2.45) is 0 Å². The summed E-state index contributed by atoms with van der Waals surface area (Å²) >= 11 is 1.72. The lowest BCUT2D eigenvalue weighted by atomic mass is 10.2. The quantitative estimate of drug-likeness (QED) is 0.685. The maximum Gasteiger partial charge on any atom is 0.226 e. The molecule has 0 aliphatic carbocycles. The monoisotopic (exact) mass is 299 g/mol. The second-order valence-electron chi connectivity index (χ2n) is 4.94. The molecular weight excluding hydrogens is 282 g/mol. The van der Waals surface area contributed by atoms with Crippen LogP contribution in [0.1, 0.15) is 17.1 Å². The molecule has 2 aromatic heterocycles. The summed E-state index contributed by atoms with van der Waals surface area (Å²) in [6.45, 7) is 4.61. The third-order valence-corrected chi connectivity index (χ3v) is 4.07. The van der Waals surface area contributed by atoms with Gasteiger partial charge in [0.25, 0.3) is 0 Å². The van der Waals surface area contributed by atoms with Gasteiger partial charge in [-0.2, -0.15) is 0 Å². The van der Waals surface area contributed by atoms with E-state index in [1.807, 2.05) is 43.1 Å². The average Bonchev–Trinajstić information content (AvgIpc) is 3.06. The SMILES string of the molecule is CSc1ccc(-c2nc(Cn3cnc(C)c3)c(C)o2)cc1. The van der Waals surface area contributed by atoms with Gasteiger partial charge in [-0.25, -0.2) is 9.97 Å². The van der Waals surface area contributed by atoms with Gasteiger partial charge in [-0.1, -0.05) is 0 Å². The molecule has 4 nitrogen and oxygen atoms in total. The van der Waals surface area contributed by atoms with E-state index in [4.69, 9.17) is 4.42 Å². The predicted molar refractivity (Wildman–Crippen MR) is 84.5 cm³/mol. The van der Waals surface area contributed by atoms with Crippen molar-refractivity contribution in [3.05, 3.63) is 53.9 Å². The molecule has 0 saturated heterocycles. The molecule has 0 amide bonds. The highest BCUT2D eigenvalue weighted by Crippen LogP contribution is 2.24. The Morgan fingerprint density at radius 3 is 2.57 bits per heavy atom. The molecule has 108 valence electrons. The number of hydrogen-bond acceptors (Lipinski definition) is 4. The van der Waals surface area contributed by atoms with Crippen LogP contribution < -0.4 is 0 Å². The minimum absolute atomic E-state index is 0.673. The molecule has 0 unspecified atom stereocenters. The number of imidazole rings is 1. The van der Waals surface area contributed by atoms with Crippen molar-refractivity contribution in [1.29, 1.82) is 0 Å². The zero-order valence-electron chi connectivity index (χ0n) is 12.3. The van der Waals surface area contributed by atoms with Crippen LogP contribution in [0.5, 0.6) is 0 Å². The summed E-state index contributed by atoms with van der Waals surface area (Å²) in [6, 6.07) is 8.25. The molecule has 3 aromatic rings. The van der Waals surface area contributed by atoms with Gasteiger partial charge in [-0.05, 0) is 44.4 Å². The van der Waals surface area contributed by atoms with Crippen LogP contribution in [-0.4, -0.2) is 20.8 Å². The van der Waals surface area contributed by atoms with Crippen molar-refractivity contribution in [2.45, 2.75) is 25.3 Å². The lowest BCUT2D eigenvalue weighted by Crippen LogP contribution is -1.98. The minimum Gasteiger partial charge on any atom is -0.441 e. The molecule has 3 rings (SSSR count). The van der Waals surface area contributed by atoms with E-state index in [1.54, 1.807) is 11.8 Å². The van der Waals surface area contributed by atoms with Gasteiger partial charge in [-0.3, -0.25) is 0 Å². The molecule has 0 fully saturated rings. The highest BCUT2D eigenvalue weighted by atomic mass is 32.2. The Morgan fingerprint density at radius 2 is 1.95 bits per heavy atom. The van der Waals surface area contributed by atoms with Gasteiger partial charge < -0.3 is 8.98 Å². The number of hydrogen-bond donors (Lipinski definition) is 0. The maximum atomic E-state index is 5.80. The number of thioether (sulfide) groups is 1. The van der Waals surface area contributed by atoms with Gasteiger partial charge in [0.05, 0.1) is 18.6 Å². The van der Waals surface area contributed by atoms with E-state index in [-0.39, 0.29) is 0 Å². The lowest BCUT2D eigenvalue weighted by molar-refractivity contribution is 0.538. The van der Waals surface area contributed by atoms with Gasteiger partial charge in [0.2, 0.25) is 5.89 Å². The van der Waals surface area contributed by atoms with Crippen LogP contribution >= 0.6 is 11.8 Å². The van der Waals surface area contributed by atoms with Crippen LogP contribution in [0, 0.1) is 13.8 Å². The zero-order chi connectivity index (χ0) is 14.8. The fourth-order valence-electron chi connectivity index (χ4n) is 2.16. The molecule has 0 bridgehead atoms. The Labute approximate surface area is 128 Å². The molecule has 0 N–H and O–H groups in total. The first-order valence-electron chi connectivity index (χ1n) is 6.75. The first-order valence-corrected chi connectivity index (χ1v) is 7.97. The van der Waals surface area contributed by atoms with E-state index in [0.717, 1.165) is 22.7 Å². The molecule has 21 heavy (non-hydrogen) atoms. The lowest BCUT2D eigenvalue weighted by Gasteiger charge is -1.98. The highest BCUT2D eigenvalue weighted by Gasteiger charge is 2.12. The summed E-state index contributed by atoms with van der Waals surface area (Å²) < 4.78 is 7.82. The summed E-state index contributed by atoms with van der Waals surface area (Å²) in [5, 5.41) is 0. The number of aromatic nitrogens is 3. The normalized spacial score (nSPS) is 11.0. The topological polar surface area (TPSA) is 43.9 Å². The van der Waals surface area contributed by atoms with Crippen LogP contribution in [0.4, 0.5) is 0 Å². The Kier molecular flexibility index (Phi) is 3.84. The number of nitrogens with zero attached hydrogens (tertiary/aromatic N) is 3. The Morgan fingerprint density at radius 1 is 1.19 bits per heavy atom. The first-order chi connectivity index (χ1) is 10.2. The van der Waals surface area contributed by atoms with Crippen molar-refractivity contribution in [1.82, 2.24) is 14.5 Å². The van der Waals surface area contributed by atoms with Gasteiger partial charge >= 0.3 is 0 Å². The molecule has 0 atom stereocenters. The van der Waals surface area contributed by atoms with E-state index in [2.05, 4.69) is 28.4 Å². The minimum atomic E-state index is 0.673. The molecule has 2 heterocycles. The number of oxazole rings is 1. The summed E-state index contributed by atoms with van der Waals surface area (Å²) in [5.41, 5.74) is 2.95. The van der Waals surface area contributed by atoms with Gasteiger partial charge in [-0.15, -0.1) is 11.8 Å². The Bertz CT molecular complexity index is 743. The molecule has 1 aromatic carbocycles. The van der Waals surface area contributed by atoms with Crippen molar-refractivity contribution in [3.63, 3.8) is 0 Å². The van der Waals surface area contributed by atoms with E-state index in [1.165, 1.54) is 4.90 Å². The van der Waals surface area contributed by atoms with Crippen molar-refractivity contribution in [3.8, 4) is 11.5 Å². The summed E-state index contributed by atoms with van der Waals surface area (Å²) in [7, 11) is 0. The number of benzene rings is 1. The van der Waals surface area contributed by atoms with Crippen LogP contribution in [-0.2, 0) is 6.54 Å². The molecule has 0 spiro atoms. The fourth-order valence-corrected chi connectivity index (χ4v) is 2.57. The van der Waals surface area contributed by atoms with Gasteiger partial charge in [0.15, 0.2) is 0 Å². The standard InChI is InChI=1S/C16H17N3OS/c1-11-8-19(10-17-11)9-15-12(2)20-16(18-15)13-4-6-14(21-3)7-5-13/h4-8,10H,9H2,1-3H3. The van der Waals surface area contributed by atoms with Crippen molar-refractivity contribution >= 4 is 11.8 Å². The Balaban J connectivity index is 1.86. The molecule has 5 heteroatoms. The third-order valence-electron chi connectivity index (χ3n) is 3.32. The highest BCUT2D eigenvalue weighted by molar-refractivity contribution is 7.98. The van der Waals surface area contributed by atoms with E-state index in [9.17, 15) is 0 Å². The molecular formula is C16H17N3OS. The summed E-state index contributed by atoms with van der Waals surface area (Å²) in [4.78, 5) is 10.1. The maximum absolute atomic E-state index is 5.80. The molecule has 0 aliphatic rings. The fraction of sp³-hybridized carbons (Fsp3) is 0.250. The zero-order valence-corrected chi connectivity index (χ0v) is 13.1. The van der Waals surface area contributed by atoms with E-state index < -0.39 is 0 Å². The third kappa shape index (κ3) is 3.03.